The highest BCUT2D eigenvalue weighted by atomic mass is 16.3. The van der Waals surface area contributed by atoms with Gasteiger partial charge in [-0.2, -0.15) is 0 Å². The van der Waals surface area contributed by atoms with E-state index in [1.165, 1.54) is 93.9 Å². The maximum atomic E-state index is 7.55. The molecule has 11 aromatic rings. The molecule has 3 aliphatic carbocycles. The van der Waals surface area contributed by atoms with Crippen LogP contribution in [0.1, 0.15) is 84.9 Å². The van der Waals surface area contributed by atoms with Gasteiger partial charge in [-0.25, -0.2) is 0 Å². The minimum absolute atomic E-state index is 0.0133. The van der Waals surface area contributed by atoms with Crippen molar-refractivity contribution in [3.8, 4) is 22.3 Å². The van der Waals surface area contributed by atoms with Crippen molar-refractivity contribution in [1.82, 2.24) is 0 Å². The number of anilines is 3. The molecule has 0 aliphatic heterocycles. The summed E-state index contributed by atoms with van der Waals surface area (Å²) >= 11 is 0. The molecule has 10 aromatic carbocycles. The number of nitrogens with two attached hydrogens (primary N) is 1. The third-order valence-electron chi connectivity index (χ3n) is 17.0. The summed E-state index contributed by atoms with van der Waals surface area (Å²) in [7, 11) is 0. The van der Waals surface area contributed by atoms with Gasteiger partial charge in [-0.1, -0.05) is 210 Å². The van der Waals surface area contributed by atoms with Crippen LogP contribution >= 0.6 is 0 Å². The number of benzene rings is 10. The van der Waals surface area contributed by atoms with Gasteiger partial charge in [-0.15, -0.1) is 0 Å². The fraction of sp³-hybridized carbons (Fsp3) is 0.151. The lowest BCUT2D eigenvalue weighted by molar-refractivity contribution is 0.446. The summed E-state index contributed by atoms with van der Waals surface area (Å²) in [6.07, 6.45) is 10.1. The van der Waals surface area contributed by atoms with Crippen molar-refractivity contribution in [1.29, 1.82) is 0 Å². The molecular formula is C73H60N2O. The Morgan fingerprint density at radius 3 is 2.08 bits per heavy atom. The minimum Gasteiger partial charge on any atom is -0.454 e. The SMILES string of the molecule is CC(C)c1cc(C2C=CC3=C(Cc4ccccc43)C2N)cc2c1ccc1c(N(c3cccc(-c4ccccc4)c3)c3cccc4c3oc3ccccc34)cc3c(c12)/C(=C/c1cccc(-c2ccccc2)c1)C(C)(C)CC3. The fourth-order valence-corrected chi connectivity index (χ4v) is 13.1. The first-order valence-corrected chi connectivity index (χ1v) is 27.2. The van der Waals surface area contributed by atoms with E-state index < -0.39 is 0 Å². The van der Waals surface area contributed by atoms with Crippen molar-refractivity contribution in [2.24, 2.45) is 11.1 Å². The van der Waals surface area contributed by atoms with Crippen LogP contribution in [0.15, 0.2) is 228 Å². The first kappa shape index (κ1) is 46.1. The minimum atomic E-state index is -0.146. The van der Waals surface area contributed by atoms with E-state index in [1.54, 1.807) is 0 Å². The highest BCUT2D eigenvalue weighted by molar-refractivity contribution is 6.21. The Kier molecular flexibility index (Phi) is 11.0. The molecule has 0 radical (unpaired) electrons. The van der Waals surface area contributed by atoms with Gasteiger partial charge in [0.05, 0.1) is 11.4 Å². The molecule has 0 fully saturated rings. The normalized spacial score (nSPS) is 17.3. The number of para-hydroxylation sites is 2. The van der Waals surface area contributed by atoms with E-state index in [4.69, 9.17) is 10.2 Å². The van der Waals surface area contributed by atoms with Crippen molar-refractivity contribution < 1.29 is 4.42 Å². The smallest absolute Gasteiger partial charge is 0.159 e. The van der Waals surface area contributed by atoms with Crippen molar-refractivity contribution in [2.45, 2.75) is 64.8 Å². The maximum absolute atomic E-state index is 7.55. The molecule has 2 N–H and O–H groups in total. The van der Waals surface area contributed by atoms with Crippen LogP contribution in [0.2, 0.25) is 0 Å². The van der Waals surface area contributed by atoms with Gasteiger partial charge in [0.2, 0.25) is 0 Å². The first-order chi connectivity index (χ1) is 37.2. The van der Waals surface area contributed by atoms with E-state index in [0.29, 0.717) is 0 Å². The number of hydrogen-bond donors (Lipinski definition) is 1. The van der Waals surface area contributed by atoms with Crippen LogP contribution < -0.4 is 10.6 Å². The van der Waals surface area contributed by atoms with E-state index in [-0.39, 0.29) is 23.3 Å². The third kappa shape index (κ3) is 7.59. The lowest BCUT2D eigenvalue weighted by Crippen LogP contribution is -2.32. The molecule has 0 spiro atoms. The van der Waals surface area contributed by atoms with Gasteiger partial charge in [-0.3, -0.25) is 0 Å². The topological polar surface area (TPSA) is 42.4 Å². The summed E-state index contributed by atoms with van der Waals surface area (Å²) in [5.41, 5.74) is 30.3. The number of furan rings is 1. The van der Waals surface area contributed by atoms with Gasteiger partial charge in [0.25, 0.3) is 0 Å². The number of hydrogen-bond acceptors (Lipinski definition) is 3. The van der Waals surface area contributed by atoms with E-state index in [1.807, 2.05) is 0 Å². The monoisotopic (exact) mass is 980 g/mol. The van der Waals surface area contributed by atoms with Crippen LogP contribution in [0, 0.1) is 5.41 Å². The highest BCUT2D eigenvalue weighted by Crippen LogP contribution is 2.55. The molecule has 2 unspecified atom stereocenters. The average Bonchev–Trinajstić information content (AvgIpc) is 4.05. The molecule has 0 amide bonds. The van der Waals surface area contributed by atoms with E-state index in [0.717, 1.165) is 63.8 Å². The zero-order valence-electron chi connectivity index (χ0n) is 43.6. The molecule has 14 rings (SSSR count). The fourth-order valence-electron chi connectivity index (χ4n) is 13.1. The van der Waals surface area contributed by atoms with Gasteiger partial charge < -0.3 is 15.1 Å². The molecule has 3 nitrogen and oxygen atoms in total. The van der Waals surface area contributed by atoms with Crippen LogP contribution in [-0.4, -0.2) is 6.04 Å². The highest BCUT2D eigenvalue weighted by Gasteiger charge is 2.36. The molecule has 368 valence electrons. The molecule has 3 heteroatoms. The van der Waals surface area contributed by atoms with Crippen molar-refractivity contribution in [3.63, 3.8) is 0 Å². The van der Waals surface area contributed by atoms with Crippen LogP contribution in [0.4, 0.5) is 17.1 Å². The van der Waals surface area contributed by atoms with Crippen LogP contribution in [-0.2, 0) is 12.8 Å². The summed E-state index contributed by atoms with van der Waals surface area (Å²) in [6, 6.07) is 75.8. The summed E-state index contributed by atoms with van der Waals surface area (Å²) in [5, 5.41) is 7.25. The summed E-state index contributed by atoms with van der Waals surface area (Å²) in [5.74, 6) is 0.280. The third-order valence-corrected chi connectivity index (χ3v) is 17.0. The molecule has 1 heterocycles. The molecule has 1 aromatic heterocycles. The lowest BCUT2D eigenvalue weighted by Gasteiger charge is -2.38. The number of nitrogens with zero attached hydrogens (tertiary/aromatic N) is 1. The van der Waals surface area contributed by atoms with Gasteiger partial charge in [-0.05, 0) is 167 Å². The largest absolute Gasteiger partial charge is 0.454 e. The van der Waals surface area contributed by atoms with Crippen LogP contribution in [0.5, 0.6) is 0 Å². The predicted molar refractivity (Wildman–Crippen MR) is 322 cm³/mol. The van der Waals surface area contributed by atoms with Crippen LogP contribution in [0.3, 0.4) is 0 Å². The van der Waals surface area contributed by atoms with Gasteiger partial charge in [0.15, 0.2) is 5.58 Å². The standard InChI is InChI=1S/C73H60N2O/c1-45(2)62-42-53(56-32-33-57-55-27-12-11-23-51(55)41-64(57)71(56)74)43-63-58(62)34-35-61-67(44-52-36-37-73(3,4)65(69(52)70(61)63)39-46-18-15-24-49(38-46)47-19-7-5-8-20-47)75(54-26-16-25-50(40-54)48-21-9-6-10-22-48)66-30-17-29-60-59-28-13-14-31-68(59)76-72(60)66/h5-35,38-40,42-45,56,71H,36-37,41,74H2,1-4H3/b65-39-. The zero-order valence-corrected chi connectivity index (χ0v) is 43.6. The molecule has 0 saturated carbocycles. The van der Waals surface area contributed by atoms with Gasteiger partial charge in [0, 0.05) is 33.8 Å². The number of allylic oxidation sites excluding steroid dienone is 3. The quantitative estimate of drug-likeness (QED) is 0.154. The number of fused-ring (bicyclic) bond motifs is 10. The Labute approximate surface area is 446 Å². The van der Waals surface area contributed by atoms with E-state index >= 15 is 0 Å². The molecular weight excluding hydrogens is 921 g/mol. The van der Waals surface area contributed by atoms with Crippen molar-refractivity contribution in [3.05, 3.63) is 263 Å². The second-order valence-electron chi connectivity index (χ2n) is 22.4. The zero-order chi connectivity index (χ0) is 51.2. The summed E-state index contributed by atoms with van der Waals surface area (Å²) in [6.45, 7) is 9.62. The first-order valence-electron chi connectivity index (χ1n) is 27.2. The Hall–Kier alpha value is -8.50. The van der Waals surface area contributed by atoms with Crippen molar-refractivity contribution in [2.75, 3.05) is 4.90 Å². The van der Waals surface area contributed by atoms with Crippen LogP contribution in [0.25, 0.3) is 83.0 Å². The molecule has 0 bridgehead atoms. The Balaban J connectivity index is 1.07. The Bertz CT molecular complexity index is 4220. The van der Waals surface area contributed by atoms with Gasteiger partial charge in [0.1, 0.15) is 5.58 Å². The molecule has 76 heavy (non-hydrogen) atoms. The number of aryl methyl sites for hydroxylation is 1. The van der Waals surface area contributed by atoms with Gasteiger partial charge >= 0.3 is 0 Å². The average molecular weight is 981 g/mol. The second kappa shape index (κ2) is 18.1. The second-order valence-corrected chi connectivity index (χ2v) is 22.4. The molecule has 2 atom stereocenters. The Morgan fingerprint density at radius 1 is 0.592 bits per heavy atom. The summed E-state index contributed by atoms with van der Waals surface area (Å²) < 4.78 is 6.98. The molecule has 0 saturated heterocycles. The Morgan fingerprint density at radius 2 is 1.28 bits per heavy atom. The maximum Gasteiger partial charge on any atom is 0.159 e. The number of rotatable bonds is 8. The van der Waals surface area contributed by atoms with Crippen molar-refractivity contribution >= 4 is 77.8 Å². The van der Waals surface area contributed by atoms with E-state index in [2.05, 4.69) is 257 Å². The molecule has 3 aliphatic rings. The predicted octanol–water partition coefficient (Wildman–Crippen LogP) is 19.3. The van der Waals surface area contributed by atoms with E-state index in [9.17, 15) is 0 Å². The summed E-state index contributed by atoms with van der Waals surface area (Å²) in [4.78, 5) is 2.50. The lowest BCUT2D eigenvalue weighted by atomic mass is 9.67.